The molecule has 0 spiro atoms. The number of nitrogens with one attached hydrogen (secondary N) is 1. The summed E-state index contributed by atoms with van der Waals surface area (Å²) in [4.78, 5) is 18.6. The summed E-state index contributed by atoms with van der Waals surface area (Å²) in [6.45, 7) is 2.09. The topological polar surface area (TPSA) is 59.4 Å². The van der Waals surface area contributed by atoms with Crippen molar-refractivity contribution in [3.63, 3.8) is 0 Å². The lowest BCUT2D eigenvalue weighted by Crippen LogP contribution is -2.47. The van der Waals surface area contributed by atoms with Gasteiger partial charge in [-0.1, -0.05) is 30.3 Å². The average molecular weight is 328 g/mol. The van der Waals surface area contributed by atoms with E-state index in [9.17, 15) is 4.79 Å². The first-order chi connectivity index (χ1) is 11.7. The Morgan fingerprint density at radius 2 is 2.12 bits per heavy atom. The minimum atomic E-state index is -0.102. The van der Waals surface area contributed by atoms with Crippen LogP contribution in [0.15, 0.2) is 49.1 Å². The maximum atomic E-state index is 12.7. The summed E-state index contributed by atoms with van der Waals surface area (Å²) in [6, 6.07) is 10.1. The highest BCUT2D eigenvalue weighted by Crippen LogP contribution is 2.17. The lowest BCUT2D eigenvalue weighted by Gasteiger charge is -2.32. The zero-order valence-corrected chi connectivity index (χ0v) is 14.0. The summed E-state index contributed by atoms with van der Waals surface area (Å²) >= 11 is 0. The normalized spacial score (nSPS) is 16.5. The SMILES string of the molecule is CN(C(=O)N[C@H](Cn1ccnc1)c1ccccc1)C1CCOCC1. The molecule has 0 unspecified atom stereocenters. The molecule has 2 aromatic rings. The summed E-state index contributed by atoms with van der Waals surface area (Å²) in [5, 5.41) is 3.17. The molecule has 6 nitrogen and oxygen atoms in total. The second-order valence-corrected chi connectivity index (χ2v) is 6.13. The summed E-state index contributed by atoms with van der Waals surface area (Å²) in [7, 11) is 1.87. The molecule has 2 amide bonds. The van der Waals surface area contributed by atoms with Gasteiger partial charge in [-0.15, -0.1) is 0 Å². The van der Waals surface area contributed by atoms with Crippen LogP contribution in [0.4, 0.5) is 4.79 Å². The van der Waals surface area contributed by atoms with E-state index in [4.69, 9.17) is 4.74 Å². The molecule has 0 radical (unpaired) electrons. The molecule has 1 fully saturated rings. The van der Waals surface area contributed by atoms with Gasteiger partial charge in [-0.05, 0) is 18.4 Å². The molecule has 1 aromatic heterocycles. The number of ether oxygens (including phenoxy) is 1. The third-order valence-electron chi connectivity index (χ3n) is 4.51. The van der Waals surface area contributed by atoms with Crippen LogP contribution in [0.2, 0.25) is 0 Å². The fourth-order valence-corrected chi connectivity index (χ4v) is 3.01. The molecule has 0 aliphatic carbocycles. The molecule has 1 saturated heterocycles. The number of amides is 2. The molecule has 128 valence electrons. The maximum Gasteiger partial charge on any atom is 0.317 e. The van der Waals surface area contributed by atoms with Crippen molar-refractivity contribution in [2.45, 2.75) is 31.5 Å². The van der Waals surface area contributed by atoms with Crippen molar-refractivity contribution in [2.75, 3.05) is 20.3 Å². The quantitative estimate of drug-likeness (QED) is 0.917. The van der Waals surface area contributed by atoms with Gasteiger partial charge < -0.3 is 19.5 Å². The Labute approximate surface area is 142 Å². The lowest BCUT2D eigenvalue weighted by atomic mass is 10.1. The van der Waals surface area contributed by atoms with E-state index in [1.807, 2.05) is 53.0 Å². The Hall–Kier alpha value is -2.34. The van der Waals surface area contributed by atoms with Gasteiger partial charge in [0.25, 0.3) is 0 Å². The standard InChI is InChI=1S/C18H24N4O2/c1-21(16-7-11-24-12-8-16)18(23)20-17(13-22-10-9-19-14-22)15-5-3-2-4-6-15/h2-6,9-10,14,16-17H,7-8,11-13H2,1H3,(H,20,23)/t17-/m1/s1. The van der Waals surface area contributed by atoms with Gasteiger partial charge in [0, 0.05) is 45.2 Å². The van der Waals surface area contributed by atoms with Crippen LogP contribution in [0, 0.1) is 0 Å². The van der Waals surface area contributed by atoms with Crippen molar-refractivity contribution < 1.29 is 9.53 Å². The van der Waals surface area contributed by atoms with Gasteiger partial charge in [0.2, 0.25) is 0 Å². The summed E-state index contributed by atoms with van der Waals surface area (Å²) < 4.78 is 7.36. The molecular formula is C18H24N4O2. The lowest BCUT2D eigenvalue weighted by molar-refractivity contribution is 0.0521. The number of hydrogen-bond acceptors (Lipinski definition) is 3. The van der Waals surface area contributed by atoms with Gasteiger partial charge in [0.1, 0.15) is 0 Å². The zero-order chi connectivity index (χ0) is 16.8. The zero-order valence-electron chi connectivity index (χ0n) is 14.0. The summed E-state index contributed by atoms with van der Waals surface area (Å²) in [5.41, 5.74) is 1.08. The van der Waals surface area contributed by atoms with Crippen LogP contribution in [0.3, 0.4) is 0 Å². The Balaban J connectivity index is 1.69. The van der Waals surface area contributed by atoms with Crippen LogP contribution in [0.1, 0.15) is 24.4 Å². The van der Waals surface area contributed by atoms with Gasteiger partial charge in [0.05, 0.1) is 12.4 Å². The van der Waals surface area contributed by atoms with Crippen molar-refractivity contribution in [3.8, 4) is 0 Å². The maximum absolute atomic E-state index is 12.7. The van der Waals surface area contributed by atoms with E-state index in [1.54, 1.807) is 12.5 Å². The molecule has 0 saturated carbocycles. The van der Waals surface area contributed by atoms with E-state index < -0.39 is 0 Å². The predicted molar refractivity (Wildman–Crippen MR) is 91.5 cm³/mol. The van der Waals surface area contributed by atoms with E-state index in [0.717, 1.165) is 31.6 Å². The first kappa shape index (κ1) is 16.5. The van der Waals surface area contributed by atoms with Crippen LogP contribution in [0.5, 0.6) is 0 Å². The minimum absolute atomic E-state index is 0.0455. The molecule has 1 N–H and O–H groups in total. The number of rotatable bonds is 5. The van der Waals surface area contributed by atoms with E-state index in [2.05, 4.69) is 10.3 Å². The second-order valence-electron chi connectivity index (χ2n) is 6.13. The monoisotopic (exact) mass is 328 g/mol. The number of nitrogens with zero attached hydrogens (tertiary/aromatic N) is 3. The molecule has 1 atom stereocenters. The van der Waals surface area contributed by atoms with E-state index in [1.165, 1.54) is 0 Å². The molecule has 1 aliphatic heterocycles. The number of urea groups is 1. The third-order valence-corrected chi connectivity index (χ3v) is 4.51. The van der Waals surface area contributed by atoms with Crippen molar-refractivity contribution in [1.29, 1.82) is 0 Å². The van der Waals surface area contributed by atoms with E-state index in [-0.39, 0.29) is 18.1 Å². The van der Waals surface area contributed by atoms with Crippen LogP contribution in [-0.4, -0.2) is 46.8 Å². The molecule has 24 heavy (non-hydrogen) atoms. The fourth-order valence-electron chi connectivity index (χ4n) is 3.01. The van der Waals surface area contributed by atoms with Crippen molar-refractivity contribution in [3.05, 3.63) is 54.6 Å². The number of imidazole rings is 1. The smallest absolute Gasteiger partial charge is 0.317 e. The molecule has 3 rings (SSSR count). The van der Waals surface area contributed by atoms with Crippen molar-refractivity contribution in [2.24, 2.45) is 0 Å². The predicted octanol–water partition coefficient (Wildman–Crippen LogP) is 2.44. The molecule has 6 heteroatoms. The van der Waals surface area contributed by atoms with Crippen LogP contribution in [0.25, 0.3) is 0 Å². The molecular weight excluding hydrogens is 304 g/mol. The van der Waals surface area contributed by atoms with Gasteiger partial charge in [-0.25, -0.2) is 9.78 Å². The Morgan fingerprint density at radius 3 is 2.79 bits per heavy atom. The molecule has 2 heterocycles. The van der Waals surface area contributed by atoms with Crippen molar-refractivity contribution >= 4 is 6.03 Å². The first-order valence-electron chi connectivity index (χ1n) is 8.36. The average Bonchev–Trinajstić information content (AvgIpc) is 3.15. The Morgan fingerprint density at radius 1 is 1.38 bits per heavy atom. The van der Waals surface area contributed by atoms with Gasteiger partial charge in [0.15, 0.2) is 0 Å². The van der Waals surface area contributed by atoms with E-state index >= 15 is 0 Å². The highest BCUT2D eigenvalue weighted by atomic mass is 16.5. The number of carbonyl (C=O) groups excluding carboxylic acids is 1. The molecule has 1 aromatic carbocycles. The van der Waals surface area contributed by atoms with Gasteiger partial charge in [-0.3, -0.25) is 0 Å². The number of carbonyl (C=O) groups is 1. The minimum Gasteiger partial charge on any atom is -0.381 e. The Kier molecular flexibility index (Phi) is 5.48. The van der Waals surface area contributed by atoms with Crippen molar-refractivity contribution in [1.82, 2.24) is 19.8 Å². The highest BCUT2D eigenvalue weighted by Gasteiger charge is 2.24. The van der Waals surface area contributed by atoms with Crippen LogP contribution in [-0.2, 0) is 11.3 Å². The highest BCUT2D eigenvalue weighted by molar-refractivity contribution is 5.74. The summed E-state index contributed by atoms with van der Waals surface area (Å²) in [6.07, 6.45) is 7.20. The second kappa shape index (κ2) is 7.97. The fraction of sp³-hybridized carbons (Fsp3) is 0.444. The van der Waals surface area contributed by atoms with Gasteiger partial charge >= 0.3 is 6.03 Å². The third kappa shape index (κ3) is 4.14. The molecule has 0 bridgehead atoms. The molecule has 1 aliphatic rings. The Bertz CT molecular complexity index is 624. The number of aromatic nitrogens is 2. The summed E-state index contributed by atoms with van der Waals surface area (Å²) in [5.74, 6) is 0. The van der Waals surface area contributed by atoms with Crippen LogP contribution < -0.4 is 5.32 Å². The van der Waals surface area contributed by atoms with E-state index in [0.29, 0.717) is 6.54 Å². The first-order valence-corrected chi connectivity index (χ1v) is 8.36. The van der Waals surface area contributed by atoms with Crippen LogP contribution >= 0.6 is 0 Å². The largest absolute Gasteiger partial charge is 0.381 e. The van der Waals surface area contributed by atoms with Gasteiger partial charge in [-0.2, -0.15) is 0 Å². The number of hydrogen-bond donors (Lipinski definition) is 1. The number of benzene rings is 1.